The van der Waals surface area contributed by atoms with E-state index in [0.717, 1.165) is 91.5 Å². The minimum atomic E-state index is -0.116. The van der Waals surface area contributed by atoms with E-state index in [1.54, 1.807) is 22.7 Å². The van der Waals surface area contributed by atoms with Gasteiger partial charge in [0.2, 0.25) is 5.91 Å². The molecule has 1 saturated carbocycles. The average molecular weight is 685 g/mol. The number of thiophene rings is 2. The van der Waals surface area contributed by atoms with Gasteiger partial charge >= 0.3 is 0 Å². The Morgan fingerprint density at radius 1 is 0.776 bits per heavy atom. The van der Waals surface area contributed by atoms with Crippen molar-refractivity contribution in [1.82, 2.24) is 19.9 Å². The third-order valence-electron chi connectivity index (χ3n) is 9.52. The van der Waals surface area contributed by atoms with Gasteiger partial charge in [-0.1, -0.05) is 30.2 Å². The van der Waals surface area contributed by atoms with Gasteiger partial charge in [-0.2, -0.15) is 0 Å². The lowest BCUT2D eigenvalue weighted by Crippen LogP contribution is -2.27. The Bertz CT molecular complexity index is 2320. The van der Waals surface area contributed by atoms with Crippen LogP contribution in [0.2, 0.25) is 0 Å². The molecule has 1 aliphatic rings. The summed E-state index contributed by atoms with van der Waals surface area (Å²) in [5.74, 6) is 1.87. The number of hydrogen-bond acceptors (Lipinski definition) is 6. The fraction of sp³-hybridized carbons (Fsp3) is 0.231. The number of imidazole rings is 2. The minimum absolute atomic E-state index is 0.0500. The Morgan fingerprint density at radius 2 is 1.45 bits per heavy atom. The molecule has 7 aromatic rings. The number of hydrogen-bond donors (Lipinski definition) is 4. The van der Waals surface area contributed by atoms with E-state index >= 15 is 0 Å². The van der Waals surface area contributed by atoms with Gasteiger partial charge in [0.15, 0.2) is 0 Å². The Kier molecular flexibility index (Phi) is 8.13. The summed E-state index contributed by atoms with van der Waals surface area (Å²) in [6.07, 6.45) is 3.78. The summed E-state index contributed by atoms with van der Waals surface area (Å²) in [5.41, 5.74) is 10.0. The Balaban J connectivity index is 0.934. The lowest BCUT2D eigenvalue weighted by molar-refractivity contribution is -0.120. The molecule has 8 nitrogen and oxygen atoms in total. The molecule has 246 valence electrons. The van der Waals surface area contributed by atoms with Gasteiger partial charge < -0.3 is 20.6 Å². The summed E-state index contributed by atoms with van der Waals surface area (Å²) in [5, 5.41) is 10.5. The molecular formula is C39H36N6O2S2. The molecule has 2 unspecified atom stereocenters. The Labute approximate surface area is 292 Å². The zero-order chi connectivity index (χ0) is 33.6. The van der Waals surface area contributed by atoms with Crippen LogP contribution in [0.25, 0.3) is 43.5 Å². The maximum absolute atomic E-state index is 13.4. The first-order valence-electron chi connectivity index (χ1n) is 16.6. The lowest BCUT2D eigenvalue weighted by atomic mass is 9.78. The van der Waals surface area contributed by atoms with E-state index in [1.165, 1.54) is 5.56 Å². The van der Waals surface area contributed by atoms with Crippen molar-refractivity contribution < 1.29 is 9.59 Å². The molecule has 4 N–H and O–H groups in total. The molecule has 1 aliphatic carbocycles. The summed E-state index contributed by atoms with van der Waals surface area (Å²) in [7, 11) is 0. The second-order valence-corrected chi connectivity index (χ2v) is 15.0. The second kappa shape index (κ2) is 12.8. The zero-order valence-corrected chi connectivity index (χ0v) is 29.1. The van der Waals surface area contributed by atoms with Crippen molar-refractivity contribution in [2.45, 2.75) is 52.4 Å². The highest BCUT2D eigenvalue weighted by atomic mass is 32.1. The topological polar surface area (TPSA) is 116 Å². The number of nitrogens with one attached hydrogen (secondary N) is 4. The molecule has 8 rings (SSSR count). The first kappa shape index (κ1) is 31.2. The van der Waals surface area contributed by atoms with Crippen LogP contribution in [0.4, 0.5) is 11.4 Å². The van der Waals surface area contributed by atoms with Gasteiger partial charge in [0, 0.05) is 22.9 Å². The molecule has 0 radical (unpaired) electrons. The van der Waals surface area contributed by atoms with E-state index in [4.69, 9.17) is 9.97 Å². The SMILES string of the molecule is Cc1cc(C)c(C(=O)Nc2ccc3[nH]c(-c4cc(C5CCCC(C(=O)Nc6ccc7[nH]c(-c8cccs8)nc7c6)C5)cs4)nc3c2)c(C)c1. The summed E-state index contributed by atoms with van der Waals surface area (Å²) < 4.78 is 0. The molecule has 0 bridgehead atoms. The van der Waals surface area contributed by atoms with Crippen LogP contribution in [-0.4, -0.2) is 31.8 Å². The average Bonchev–Trinajstić information content (AvgIpc) is 3.90. The van der Waals surface area contributed by atoms with Gasteiger partial charge in [0.1, 0.15) is 11.6 Å². The molecule has 2 atom stereocenters. The zero-order valence-electron chi connectivity index (χ0n) is 27.5. The van der Waals surface area contributed by atoms with Crippen LogP contribution in [0.1, 0.15) is 64.2 Å². The molecule has 49 heavy (non-hydrogen) atoms. The molecule has 4 aromatic heterocycles. The van der Waals surface area contributed by atoms with E-state index in [2.05, 4.69) is 32.0 Å². The van der Waals surface area contributed by atoms with Crippen molar-refractivity contribution in [3.05, 3.63) is 105 Å². The van der Waals surface area contributed by atoms with E-state index in [0.29, 0.717) is 17.2 Å². The van der Waals surface area contributed by atoms with Gasteiger partial charge in [-0.15, -0.1) is 22.7 Å². The highest BCUT2D eigenvalue weighted by molar-refractivity contribution is 7.13. The van der Waals surface area contributed by atoms with E-state index in [9.17, 15) is 9.59 Å². The number of fused-ring (bicyclic) bond motifs is 2. The predicted molar refractivity (Wildman–Crippen MR) is 201 cm³/mol. The maximum atomic E-state index is 13.4. The quantitative estimate of drug-likeness (QED) is 0.134. The third kappa shape index (κ3) is 6.29. The number of carbonyl (C=O) groups is 2. The minimum Gasteiger partial charge on any atom is -0.337 e. The molecule has 0 saturated heterocycles. The van der Waals surface area contributed by atoms with Crippen LogP contribution in [0.3, 0.4) is 0 Å². The Hall–Kier alpha value is -5.06. The number of aryl methyl sites for hydroxylation is 3. The third-order valence-corrected chi connectivity index (χ3v) is 11.4. The number of aromatic nitrogens is 4. The molecule has 3 aromatic carbocycles. The summed E-state index contributed by atoms with van der Waals surface area (Å²) >= 11 is 3.31. The monoisotopic (exact) mass is 684 g/mol. The smallest absolute Gasteiger partial charge is 0.256 e. The number of benzene rings is 3. The van der Waals surface area contributed by atoms with Gasteiger partial charge in [-0.05, 0) is 122 Å². The first-order chi connectivity index (χ1) is 23.8. The van der Waals surface area contributed by atoms with Crippen LogP contribution in [-0.2, 0) is 4.79 Å². The predicted octanol–water partition coefficient (Wildman–Crippen LogP) is 9.99. The summed E-state index contributed by atoms with van der Waals surface area (Å²) in [4.78, 5) is 45.2. The number of nitrogens with zero attached hydrogens (tertiary/aromatic N) is 2. The molecule has 0 aliphatic heterocycles. The number of anilines is 2. The van der Waals surface area contributed by atoms with Gasteiger partial charge in [0.25, 0.3) is 5.91 Å². The highest BCUT2D eigenvalue weighted by Gasteiger charge is 2.29. The van der Waals surface area contributed by atoms with Gasteiger partial charge in [0.05, 0.1) is 31.8 Å². The number of carbonyl (C=O) groups excluding carboxylic acids is 2. The molecule has 2 amide bonds. The normalized spacial score (nSPS) is 16.3. The van der Waals surface area contributed by atoms with Crippen LogP contribution in [0, 0.1) is 26.7 Å². The van der Waals surface area contributed by atoms with Crippen LogP contribution < -0.4 is 10.6 Å². The summed E-state index contributed by atoms with van der Waals surface area (Å²) in [6.45, 7) is 5.99. The van der Waals surface area contributed by atoms with E-state index in [1.807, 2.05) is 86.8 Å². The van der Waals surface area contributed by atoms with Crippen molar-refractivity contribution >= 4 is 67.9 Å². The largest absolute Gasteiger partial charge is 0.337 e. The number of aromatic amines is 2. The molecular weight excluding hydrogens is 649 g/mol. The highest BCUT2D eigenvalue weighted by Crippen LogP contribution is 2.40. The van der Waals surface area contributed by atoms with Crippen molar-refractivity contribution in [3.63, 3.8) is 0 Å². The van der Waals surface area contributed by atoms with E-state index < -0.39 is 0 Å². The molecule has 1 fully saturated rings. The Morgan fingerprint density at radius 3 is 2.12 bits per heavy atom. The summed E-state index contributed by atoms with van der Waals surface area (Å²) in [6, 6.07) is 22.0. The maximum Gasteiger partial charge on any atom is 0.256 e. The fourth-order valence-electron chi connectivity index (χ4n) is 7.21. The van der Waals surface area contributed by atoms with Crippen molar-refractivity contribution in [1.29, 1.82) is 0 Å². The van der Waals surface area contributed by atoms with Gasteiger partial charge in [-0.25, -0.2) is 9.97 Å². The van der Waals surface area contributed by atoms with Crippen molar-refractivity contribution in [2.75, 3.05) is 10.6 Å². The molecule has 10 heteroatoms. The number of rotatable bonds is 7. The molecule has 4 heterocycles. The van der Waals surface area contributed by atoms with Crippen molar-refractivity contribution in [3.8, 4) is 21.4 Å². The van der Waals surface area contributed by atoms with Crippen LogP contribution >= 0.6 is 22.7 Å². The lowest BCUT2D eigenvalue weighted by Gasteiger charge is -2.28. The van der Waals surface area contributed by atoms with Gasteiger partial charge in [-0.3, -0.25) is 9.59 Å². The fourth-order valence-corrected chi connectivity index (χ4v) is 8.81. The van der Waals surface area contributed by atoms with Crippen LogP contribution in [0.5, 0.6) is 0 Å². The first-order valence-corrected chi connectivity index (χ1v) is 18.4. The number of H-pyrrole nitrogens is 2. The van der Waals surface area contributed by atoms with Crippen molar-refractivity contribution in [2.24, 2.45) is 5.92 Å². The number of amides is 2. The van der Waals surface area contributed by atoms with Crippen LogP contribution in [0.15, 0.2) is 77.5 Å². The second-order valence-electron chi connectivity index (χ2n) is 13.1. The standard InChI is InChI=1S/C39H36N6O2S2/c1-21-14-22(2)35(23(3)15-21)39(47)41-28-10-12-30-32(19-28)45-37(43-30)34-17-26(20-49-34)24-6-4-7-25(16-24)38(46)40-27-9-11-29-31(18-27)44-36(42-29)33-8-5-13-48-33/h5,8-15,17-20,24-25H,4,6-7,16H2,1-3H3,(H,40,46)(H,41,47)(H,42,44)(H,43,45). The molecule has 0 spiro atoms. The van der Waals surface area contributed by atoms with E-state index in [-0.39, 0.29) is 17.7 Å².